The summed E-state index contributed by atoms with van der Waals surface area (Å²) in [4.78, 5) is 11.0. The molecule has 3 nitrogen and oxygen atoms in total. The summed E-state index contributed by atoms with van der Waals surface area (Å²) >= 11 is 11.2. The van der Waals surface area contributed by atoms with Gasteiger partial charge < -0.3 is 9.47 Å². The van der Waals surface area contributed by atoms with Crippen molar-refractivity contribution in [3.05, 3.63) is 59.1 Å². The molecule has 0 bridgehead atoms. The molecule has 0 saturated carbocycles. The normalized spacial score (nSPS) is 10.4. The van der Waals surface area contributed by atoms with Crippen LogP contribution in [0.5, 0.6) is 11.5 Å². The summed E-state index contributed by atoms with van der Waals surface area (Å²) in [7, 11) is 0. The van der Waals surface area contributed by atoms with Crippen LogP contribution in [-0.4, -0.2) is 18.5 Å². The molecule has 0 aliphatic heterocycles. The van der Waals surface area contributed by atoms with Crippen molar-refractivity contribution >= 4 is 28.4 Å². The Balaban J connectivity index is 1.50. The van der Waals surface area contributed by atoms with Crippen LogP contribution in [0.1, 0.15) is 36.0 Å². The van der Waals surface area contributed by atoms with Gasteiger partial charge in [-0.2, -0.15) is 0 Å². The molecule has 0 atom stereocenters. The zero-order valence-corrected chi connectivity index (χ0v) is 14.9. The van der Waals surface area contributed by atoms with Gasteiger partial charge in [0.25, 0.3) is 5.24 Å². The van der Waals surface area contributed by atoms with E-state index >= 15 is 0 Å². The maximum atomic E-state index is 11.0. The summed E-state index contributed by atoms with van der Waals surface area (Å²) in [6, 6.07) is 14.2. The number of ether oxygens (including phenoxy) is 2. The SMILES string of the molecule is O=C(Cl)c1ccc(OCCCCCCOc2ccc(Cl)cc2)cc1. The van der Waals surface area contributed by atoms with E-state index in [4.69, 9.17) is 32.7 Å². The lowest BCUT2D eigenvalue weighted by molar-refractivity contribution is 0.108. The first kappa shape index (κ1) is 18.6. The second-order valence-electron chi connectivity index (χ2n) is 5.36. The predicted octanol–water partition coefficient (Wildman–Crippen LogP) is 5.74. The van der Waals surface area contributed by atoms with Gasteiger partial charge in [0, 0.05) is 10.6 Å². The highest BCUT2D eigenvalue weighted by Gasteiger charge is 2.01. The number of rotatable bonds is 10. The van der Waals surface area contributed by atoms with Gasteiger partial charge in [0.1, 0.15) is 11.5 Å². The van der Waals surface area contributed by atoms with Crippen molar-refractivity contribution in [3.8, 4) is 11.5 Å². The zero-order valence-electron chi connectivity index (χ0n) is 13.3. The van der Waals surface area contributed by atoms with Gasteiger partial charge in [-0.3, -0.25) is 4.79 Å². The van der Waals surface area contributed by atoms with E-state index in [1.54, 1.807) is 24.3 Å². The van der Waals surface area contributed by atoms with Crippen LogP contribution in [-0.2, 0) is 0 Å². The summed E-state index contributed by atoms with van der Waals surface area (Å²) in [6.45, 7) is 1.36. The molecular weight excluding hydrogens is 347 g/mol. The third-order valence-electron chi connectivity index (χ3n) is 3.47. The topological polar surface area (TPSA) is 35.5 Å². The minimum absolute atomic E-state index is 0.456. The summed E-state index contributed by atoms with van der Waals surface area (Å²) in [5.74, 6) is 1.60. The Bertz CT molecular complexity index is 624. The molecule has 0 saturated heterocycles. The molecule has 24 heavy (non-hydrogen) atoms. The first-order chi connectivity index (χ1) is 11.6. The molecule has 0 amide bonds. The molecule has 0 N–H and O–H groups in total. The molecular formula is C19H20Cl2O3. The molecule has 2 aromatic carbocycles. The molecule has 5 heteroatoms. The third kappa shape index (κ3) is 6.81. The van der Waals surface area contributed by atoms with Crippen LogP contribution in [0.4, 0.5) is 0 Å². The highest BCUT2D eigenvalue weighted by molar-refractivity contribution is 6.67. The van der Waals surface area contributed by atoms with Crippen LogP contribution < -0.4 is 9.47 Å². The van der Waals surface area contributed by atoms with E-state index in [-0.39, 0.29) is 0 Å². The van der Waals surface area contributed by atoms with Gasteiger partial charge in [0.05, 0.1) is 13.2 Å². The molecule has 2 rings (SSSR count). The maximum Gasteiger partial charge on any atom is 0.252 e. The molecule has 0 unspecified atom stereocenters. The minimum Gasteiger partial charge on any atom is -0.494 e. The van der Waals surface area contributed by atoms with Crippen molar-refractivity contribution in [2.75, 3.05) is 13.2 Å². The van der Waals surface area contributed by atoms with Crippen LogP contribution in [0.2, 0.25) is 5.02 Å². The van der Waals surface area contributed by atoms with E-state index in [1.165, 1.54) is 0 Å². The van der Waals surface area contributed by atoms with Gasteiger partial charge >= 0.3 is 0 Å². The quantitative estimate of drug-likeness (QED) is 0.397. The standard InChI is InChI=1S/C19H20Cl2O3/c20-16-7-11-18(12-8-16)24-14-4-2-1-3-13-23-17-9-5-15(6-10-17)19(21)22/h5-12H,1-4,13-14H2. The van der Waals surface area contributed by atoms with Gasteiger partial charge in [-0.1, -0.05) is 11.6 Å². The molecule has 0 aliphatic rings. The van der Waals surface area contributed by atoms with Crippen LogP contribution in [0.3, 0.4) is 0 Å². The highest BCUT2D eigenvalue weighted by Crippen LogP contribution is 2.16. The van der Waals surface area contributed by atoms with Crippen molar-refractivity contribution in [1.29, 1.82) is 0 Å². The van der Waals surface area contributed by atoms with E-state index in [9.17, 15) is 4.79 Å². The number of carbonyl (C=O) groups excluding carboxylic acids is 1. The summed E-state index contributed by atoms with van der Waals surface area (Å²) in [5.41, 5.74) is 0.477. The molecule has 0 heterocycles. The van der Waals surface area contributed by atoms with Gasteiger partial charge in [0.15, 0.2) is 0 Å². The number of halogens is 2. The molecule has 2 aromatic rings. The molecule has 128 valence electrons. The largest absolute Gasteiger partial charge is 0.494 e. The number of hydrogen-bond donors (Lipinski definition) is 0. The minimum atomic E-state index is -0.456. The summed E-state index contributed by atoms with van der Waals surface area (Å²) in [6.07, 6.45) is 4.17. The van der Waals surface area contributed by atoms with Crippen molar-refractivity contribution in [2.24, 2.45) is 0 Å². The van der Waals surface area contributed by atoms with E-state index in [2.05, 4.69) is 0 Å². The van der Waals surface area contributed by atoms with E-state index in [0.29, 0.717) is 23.8 Å². The second kappa shape index (κ2) is 10.2. The lowest BCUT2D eigenvalue weighted by atomic mass is 10.2. The second-order valence-corrected chi connectivity index (χ2v) is 6.14. The van der Waals surface area contributed by atoms with Gasteiger partial charge in [-0.25, -0.2) is 0 Å². The Labute approximate surface area is 152 Å². The Kier molecular flexibility index (Phi) is 7.93. The number of unbranched alkanes of at least 4 members (excludes halogenated alkanes) is 3. The van der Waals surface area contributed by atoms with Gasteiger partial charge in [0.2, 0.25) is 0 Å². The third-order valence-corrected chi connectivity index (χ3v) is 3.94. The number of hydrogen-bond acceptors (Lipinski definition) is 3. The maximum absolute atomic E-state index is 11.0. The first-order valence-corrected chi connectivity index (χ1v) is 8.72. The summed E-state index contributed by atoms with van der Waals surface area (Å²) < 4.78 is 11.3. The molecule has 0 fully saturated rings. The van der Waals surface area contributed by atoms with E-state index in [1.807, 2.05) is 24.3 Å². The highest BCUT2D eigenvalue weighted by atomic mass is 35.5. The average Bonchev–Trinajstić information content (AvgIpc) is 2.59. The van der Waals surface area contributed by atoms with Crippen molar-refractivity contribution < 1.29 is 14.3 Å². The first-order valence-electron chi connectivity index (χ1n) is 7.96. The van der Waals surface area contributed by atoms with Crippen molar-refractivity contribution in [1.82, 2.24) is 0 Å². The van der Waals surface area contributed by atoms with E-state index in [0.717, 1.165) is 37.2 Å². The van der Waals surface area contributed by atoms with Gasteiger partial charge in [-0.15, -0.1) is 0 Å². The monoisotopic (exact) mass is 366 g/mol. The Morgan fingerprint density at radius 1 is 0.750 bits per heavy atom. The van der Waals surface area contributed by atoms with Crippen LogP contribution in [0.25, 0.3) is 0 Å². The fourth-order valence-corrected chi connectivity index (χ4v) is 2.40. The number of carbonyl (C=O) groups is 1. The lowest BCUT2D eigenvalue weighted by Crippen LogP contribution is -2.00. The van der Waals surface area contributed by atoms with Crippen LogP contribution >= 0.6 is 23.2 Å². The Hall–Kier alpha value is -1.71. The molecule has 0 aliphatic carbocycles. The lowest BCUT2D eigenvalue weighted by Gasteiger charge is -2.07. The smallest absolute Gasteiger partial charge is 0.252 e. The predicted molar refractivity (Wildman–Crippen MR) is 97.5 cm³/mol. The van der Waals surface area contributed by atoms with Gasteiger partial charge in [-0.05, 0) is 85.8 Å². The number of benzene rings is 2. The average molecular weight is 367 g/mol. The molecule has 0 spiro atoms. The Morgan fingerprint density at radius 3 is 1.67 bits per heavy atom. The van der Waals surface area contributed by atoms with E-state index < -0.39 is 5.24 Å². The fraction of sp³-hybridized carbons (Fsp3) is 0.316. The van der Waals surface area contributed by atoms with Crippen molar-refractivity contribution in [2.45, 2.75) is 25.7 Å². The fourth-order valence-electron chi connectivity index (χ4n) is 2.15. The molecule has 0 radical (unpaired) electrons. The van der Waals surface area contributed by atoms with Crippen LogP contribution in [0, 0.1) is 0 Å². The molecule has 0 aromatic heterocycles. The van der Waals surface area contributed by atoms with Crippen LogP contribution in [0.15, 0.2) is 48.5 Å². The van der Waals surface area contributed by atoms with Crippen molar-refractivity contribution in [3.63, 3.8) is 0 Å². The Morgan fingerprint density at radius 2 is 1.21 bits per heavy atom. The summed E-state index contributed by atoms with van der Waals surface area (Å²) in [5, 5.41) is 0.258. The zero-order chi connectivity index (χ0) is 17.2.